The number of benzene rings is 1. The number of rotatable bonds is 4. The maximum atomic E-state index is 11.5. The van der Waals surface area contributed by atoms with Crippen molar-refractivity contribution in [2.75, 3.05) is 7.05 Å². The van der Waals surface area contributed by atoms with E-state index in [9.17, 15) is 19.7 Å². The molecule has 0 aromatic heterocycles. The first kappa shape index (κ1) is 14.4. The van der Waals surface area contributed by atoms with Crippen molar-refractivity contribution in [1.82, 2.24) is 10.6 Å². The Labute approximate surface area is 109 Å². The van der Waals surface area contributed by atoms with Crippen molar-refractivity contribution >= 4 is 23.6 Å². The van der Waals surface area contributed by atoms with Crippen LogP contribution in [0.3, 0.4) is 0 Å². The number of amides is 2. The average Bonchev–Trinajstić information content (AvgIpc) is 2.37. The predicted molar refractivity (Wildman–Crippen MR) is 69.0 cm³/mol. The Morgan fingerprint density at radius 1 is 1.26 bits per heavy atom. The molecule has 1 aromatic rings. The smallest absolute Gasteiger partial charge is 0.269 e. The van der Waals surface area contributed by atoms with E-state index in [1.54, 1.807) is 0 Å². The summed E-state index contributed by atoms with van der Waals surface area (Å²) in [5, 5.41) is 15.3. The molecule has 7 heteroatoms. The third-order valence-corrected chi connectivity index (χ3v) is 2.20. The van der Waals surface area contributed by atoms with Gasteiger partial charge in [0.15, 0.2) is 0 Å². The SMILES string of the molecule is CNC(=O)/C(=C/c1ccc([N+](=O)[O-])cc1)NC(C)=O. The van der Waals surface area contributed by atoms with E-state index < -0.39 is 10.8 Å². The minimum Gasteiger partial charge on any atom is -0.354 e. The Morgan fingerprint density at radius 3 is 2.26 bits per heavy atom. The van der Waals surface area contributed by atoms with Gasteiger partial charge in [0.1, 0.15) is 5.70 Å². The molecule has 100 valence electrons. The van der Waals surface area contributed by atoms with E-state index in [4.69, 9.17) is 0 Å². The van der Waals surface area contributed by atoms with Gasteiger partial charge in [-0.2, -0.15) is 0 Å². The molecule has 1 aromatic carbocycles. The number of hydrogen-bond acceptors (Lipinski definition) is 4. The van der Waals surface area contributed by atoms with Crippen molar-refractivity contribution in [2.45, 2.75) is 6.92 Å². The van der Waals surface area contributed by atoms with Gasteiger partial charge < -0.3 is 10.6 Å². The van der Waals surface area contributed by atoms with Gasteiger partial charge in [-0.1, -0.05) is 0 Å². The van der Waals surface area contributed by atoms with Crippen LogP contribution in [0.1, 0.15) is 12.5 Å². The summed E-state index contributed by atoms with van der Waals surface area (Å²) in [7, 11) is 1.44. The van der Waals surface area contributed by atoms with Gasteiger partial charge in [0.25, 0.3) is 11.6 Å². The van der Waals surface area contributed by atoms with Gasteiger partial charge in [0, 0.05) is 26.1 Å². The van der Waals surface area contributed by atoms with Crippen LogP contribution in [0.4, 0.5) is 5.69 Å². The lowest BCUT2D eigenvalue weighted by Crippen LogP contribution is -2.31. The zero-order valence-electron chi connectivity index (χ0n) is 10.5. The number of carbonyl (C=O) groups is 2. The fraction of sp³-hybridized carbons (Fsp3) is 0.167. The Balaban J connectivity index is 3.03. The molecule has 7 nitrogen and oxygen atoms in total. The molecule has 0 fully saturated rings. The van der Waals surface area contributed by atoms with E-state index in [0.29, 0.717) is 5.56 Å². The van der Waals surface area contributed by atoms with Gasteiger partial charge in [-0.05, 0) is 23.8 Å². The molecule has 0 saturated heterocycles. The predicted octanol–water partition coefficient (Wildman–Crippen LogP) is 0.818. The zero-order valence-corrected chi connectivity index (χ0v) is 10.5. The van der Waals surface area contributed by atoms with Gasteiger partial charge in [-0.3, -0.25) is 19.7 Å². The minimum absolute atomic E-state index is 0.0434. The maximum absolute atomic E-state index is 11.5. The molecule has 0 bridgehead atoms. The second-order valence-corrected chi connectivity index (χ2v) is 3.67. The Morgan fingerprint density at radius 2 is 1.84 bits per heavy atom. The van der Waals surface area contributed by atoms with Crippen molar-refractivity contribution < 1.29 is 14.5 Å². The van der Waals surface area contributed by atoms with Crippen LogP contribution in [-0.4, -0.2) is 23.8 Å². The normalized spacial score (nSPS) is 10.7. The number of nitro benzene ring substituents is 1. The maximum Gasteiger partial charge on any atom is 0.269 e. The molecular formula is C12H13N3O4. The van der Waals surface area contributed by atoms with Crippen LogP contribution in [0.15, 0.2) is 30.0 Å². The van der Waals surface area contributed by atoms with E-state index in [-0.39, 0.29) is 17.3 Å². The first-order chi connectivity index (χ1) is 8.93. The number of hydrogen-bond donors (Lipinski definition) is 2. The van der Waals surface area contributed by atoms with Crippen LogP contribution in [0.25, 0.3) is 6.08 Å². The highest BCUT2D eigenvalue weighted by molar-refractivity contribution is 6.00. The summed E-state index contributed by atoms with van der Waals surface area (Å²) in [6.45, 7) is 1.28. The Kier molecular flexibility index (Phi) is 4.76. The summed E-state index contributed by atoms with van der Waals surface area (Å²) in [6.07, 6.45) is 1.43. The molecule has 19 heavy (non-hydrogen) atoms. The summed E-state index contributed by atoms with van der Waals surface area (Å²) in [5.41, 5.74) is 0.597. The van der Waals surface area contributed by atoms with Gasteiger partial charge in [0.2, 0.25) is 5.91 Å². The number of carbonyl (C=O) groups excluding carboxylic acids is 2. The van der Waals surface area contributed by atoms with Crippen LogP contribution in [0.2, 0.25) is 0 Å². The van der Waals surface area contributed by atoms with Crippen LogP contribution in [-0.2, 0) is 9.59 Å². The molecule has 2 amide bonds. The summed E-state index contributed by atoms with van der Waals surface area (Å²) in [5.74, 6) is -0.828. The van der Waals surface area contributed by atoms with Gasteiger partial charge in [0.05, 0.1) is 4.92 Å². The minimum atomic E-state index is -0.513. The van der Waals surface area contributed by atoms with E-state index in [2.05, 4.69) is 10.6 Å². The summed E-state index contributed by atoms with van der Waals surface area (Å²) < 4.78 is 0. The molecule has 0 spiro atoms. The second-order valence-electron chi connectivity index (χ2n) is 3.67. The van der Waals surface area contributed by atoms with Crippen molar-refractivity contribution in [1.29, 1.82) is 0 Å². The first-order valence-electron chi connectivity index (χ1n) is 5.40. The Hall–Kier alpha value is -2.70. The molecule has 0 aliphatic heterocycles. The zero-order chi connectivity index (χ0) is 14.4. The van der Waals surface area contributed by atoms with E-state index in [1.165, 1.54) is 44.3 Å². The molecule has 0 unspecified atom stereocenters. The quantitative estimate of drug-likeness (QED) is 0.477. The fourth-order valence-electron chi connectivity index (χ4n) is 1.34. The highest BCUT2D eigenvalue weighted by Crippen LogP contribution is 2.13. The molecule has 0 aliphatic rings. The number of non-ortho nitro benzene ring substituents is 1. The highest BCUT2D eigenvalue weighted by Gasteiger charge is 2.09. The molecule has 0 heterocycles. The van der Waals surface area contributed by atoms with E-state index in [0.717, 1.165) is 0 Å². The van der Waals surface area contributed by atoms with Gasteiger partial charge in [-0.25, -0.2) is 0 Å². The lowest BCUT2D eigenvalue weighted by Gasteiger charge is -2.06. The van der Waals surface area contributed by atoms with E-state index >= 15 is 0 Å². The van der Waals surface area contributed by atoms with Crippen molar-refractivity contribution in [3.05, 3.63) is 45.6 Å². The molecule has 0 atom stereocenters. The monoisotopic (exact) mass is 263 g/mol. The highest BCUT2D eigenvalue weighted by atomic mass is 16.6. The first-order valence-corrected chi connectivity index (χ1v) is 5.40. The number of nitrogens with zero attached hydrogens (tertiary/aromatic N) is 1. The van der Waals surface area contributed by atoms with Gasteiger partial charge >= 0.3 is 0 Å². The summed E-state index contributed by atoms with van der Waals surface area (Å²) >= 11 is 0. The van der Waals surface area contributed by atoms with E-state index in [1.807, 2.05) is 0 Å². The lowest BCUT2D eigenvalue weighted by atomic mass is 10.1. The van der Waals surface area contributed by atoms with Crippen molar-refractivity contribution in [3.8, 4) is 0 Å². The third kappa shape index (κ3) is 4.23. The fourth-order valence-corrected chi connectivity index (χ4v) is 1.34. The van der Waals surface area contributed by atoms with Crippen LogP contribution in [0.5, 0.6) is 0 Å². The molecule has 0 saturated carbocycles. The summed E-state index contributed by atoms with van der Waals surface area (Å²) in [6, 6.07) is 5.62. The topological polar surface area (TPSA) is 101 Å². The average molecular weight is 263 g/mol. The summed E-state index contributed by atoms with van der Waals surface area (Å²) in [4.78, 5) is 32.5. The molecule has 0 aliphatic carbocycles. The molecular weight excluding hydrogens is 250 g/mol. The lowest BCUT2D eigenvalue weighted by molar-refractivity contribution is -0.384. The van der Waals surface area contributed by atoms with Gasteiger partial charge in [-0.15, -0.1) is 0 Å². The Bertz CT molecular complexity index is 534. The molecule has 1 rings (SSSR count). The van der Waals surface area contributed by atoms with Crippen molar-refractivity contribution in [3.63, 3.8) is 0 Å². The number of nitro groups is 1. The largest absolute Gasteiger partial charge is 0.354 e. The van der Waals surface area contributed by atoms with Crippen LogP contribution < -0.4 is 10.6 Å². The van der Waals surface area contributed by atoms with Crippen LogP contribution >= 0.6 is 0 Å². The third-order valence-electron chi connectivity index (χ3n) is 2.20. The number of likely N-dealkylation sites (N-methyl/N-ethyl adjacent to an activating group) is 1. The molecule has 0 radical (unpaired) electrons. The number of nitrogens with one attached hydrogen (secondary N) is 2. The standard InChI is InChI=1S/C12H13N3O4/c1-8(16)14-11(12(17)13-2)7-9-3-5-10(6-4-9)15(18)19/h3-7H,1-2H3,(H,13,17)(H,14,16)/b11-7-. The molecule has 2 N–H and O–H groups in total. The van der Waals surface area contributed by atoms with Crippen molar-refractivity contribution in [2.24, 2.45) is 0 Å². The van der Waals surface area contributed by atoms with Crippen LogP contribution in [0, 0.1) is 10.1 Å². The second kappa shape index (κ2) is 6.29.